The minimum atomic E-state index is 0.179. The Labute approximate surface area is 123 Å². The number of benzene rings is 2. The second-order valence-electron chi connectivity index (χ2n) is 4.91. The van der Waals surface area contributed by atoms with E-state index in [2.05, 4.69) is 34.2 Å². The summed E-state index contributed by atoms with van der Waals surface area (Å²) in [6.07, 6.45) is 0. The van der Waals surface area contributed by atoms with Crippen molar-refractivity contribution in [2.75, 3.05) is 7.11 Å². The molecule has 4 heteroatoms. The second kappa shape index (κ2) is 5.79. The predicted molar refractivity (Wildman–Crippen MR) is 82.3 cm³/mol. The molecule has 0 aliphatic carbocycles. The number of rotatable bonds is 4. The van der Waals surface area contributed by atoms with E-state index in [9.17, 15) is 0 Å². The Hall–Kier alpha value is -2.62. The largest absolute Gasteiger partial charge is 0.497 e. The summed E-state index contributed by atoms with van der Waals surface area (Å²) in [5.74, 6) is 2.53. The molecule has 106 valence electrons. The number of methoxy groups -OCH3 is 1. The minimum absolute atomic E-state index is 0.179. The number of hydrogen-bond donors (Lipinski definition) is 1. The van der Waals surface area contributed by atoms with E-state index >= 15 is 0 Å². The number of nitrogens with one attached hydrogen (secondary N) is 1. The van der Waals surface area contributed by atoms with Crippen molar-refractivity contribution in [1.29, 1.82) is 0 Å². The highest BCUT2D eigenvalue weighted by molar-refractivity contribution is 5.57. The fourth-order valence-electron chi connectivity index (χ4n) is 2.26. The van der Waals surface area contributed by atoms with Crippen LogP contribution in [0.5, 0.6) is 5.75 Å². The van der Waals surface area contributed by atoms with Gasteiger partial charge in [-0.15, -0.1) is 0 Å². The van der Waals surface area contributed by atoms with Crippen LogP contribution in [0.15, 0.2) is 54.6 Å². The summed E-state index contributed by atoms with van der Waals surface area (Å²) in [7, 11) is 1.65. The lowest BCUT2D eigenvalue weighted by Gasteiger charge is -2.07. The van der Waals surface area contributed by atoms with Crippen molar-refractivity contribution >= 4 is 0 Å². The van der Waals surface area contributed by atoms with E-state index in [0.29, 0.717) is 5.82 Å². The molecule has 0 saturated heterocycles. The molecule has 1 aromatic heterocycles. The third-order valence-electron chi connectivity index (χ3n) is 3.54. The summed E-state index contributed by atoms with van der Waals surface area (Å²) < 4.78 is 5.23. The molecule has 4 nitrogen and oxygen atoms in total. The van der Waals surface area contributed by atoms with E-state index in [1.54, 1.807) is 7.11 Å². The molecule has 0 spiro atoms. The Morgan fingerprint density at radius 1 is 1.05 bits per heavy atom. The van der Waals surface area contributed by atoms with Crippen molar-refractivity contribution in [3.8, 4) is 17.1 Å². The van der Waals surface area contributed by atoms with Crippen molar-refractivity contribution in [1.82, 2.24) is 15.2 Å². The first-order chi connectivity index (χ1) is 10.3. The van der Waals surface area contributed by atoms with Gasteiger partial charge in [-0.3, -0.25) is 5.10 Å². The van der Waals surface area contributed by atoms with Gasteiger partial charge in [0.05, 0.1) is 7.11 Å². The van der Waals surface area contributed by atoms with Crippen LogP contribution in [0.25, 0.3) is 11.4 Å². The quantitative estimate of drug-likeness (QED) is 0.793. The van der Waals surface area contributed by atoms with Crippen LogP contribution in [0.4, 0.5) is 0 Å². The van der Waals surface area contributed by atoms with Gasteiger partial charge in [0.2, 0.25) is 0 Å². The van der Waals surface area contributed by atoms with Crippen molar-refractivity contribution in [3.63, 3.8) is 0 Å². The molecule has 1 heterocycles. The molecule has 2 aromatic carbocycles. The molecular weight excluding hydrogens is 262 g/mol. The van der Waals surface area contributed by atoms with Gasteiger partial charge < -0.3 is 4.74 Å². The first-order valence-electron chi connectivity index (χ1n) is 6.89. The number of hydrogen-bond acceptors (Lipinski definition) is 3. The average Bonchev–Trinajstić information content (AvgIpc) is 3.05. The molecule has 0 fully saturated rings. The van der Waals surface area contributed by atoms with Crippen LogP contribution < -0.4 is 4.74 Å². The molecule has 3 aromatic rings. The highest BCUT2D eigenvalue weighted by atomic mass is 16.5. The standard InChI is InChI=1S/C17H17N3O/c1-12(13-7-4-3-5-8-13)16-18-17(20-19-16)14-9-6-10-15(11-14)21-2/h3-12H,1-2H3,(H,18,19,20). The van der Waals surface area contributed by atoms with Gasteiger partial charge >= 0.3 is 0 Å². The van der Waals surface area contributed by atoms with Crippen molar-refractivity contribution in [2.45, 2.75) is 12.8 Å². The highest BCUT2D eigenvalue weighted by Crippen LogP contribution is 2.24. The zero-order chi connectivity index (χ0) is 14.7. The van der Waals surface area contributed by atoms with Gasteiger partial charge in [-0.25, -0.2) is 4.98 Å². The molecule has 0 amide bonds. The maximum atomic E-state index is 5.23. The molecule has 3 rings (SSSR count). The monoisotopic (exact) mass is 279 g/mol. The van der Waals surface area contributed by atoms with E-state index in [4.69, 9.17) is 4.74 Å². The van der Waals surface area contributed by atoms with Gasteiger partial charge in [0.1, 0.15) is 11.6 Å². The summed E-state index contributed by atoms with van der Waals surface area (Å²) in [4.78, 5) is 4.61. The lowest BCUT2D eigenvalue weighted by Crippen LogP contribution is -1.98. The Morgan fingerprint density at radius 2 is 1.86 bits per heavy atom. The third-order valence-corrected chi connectivity index (χ3v) is 3.54. The van der Waals surface area contributed by atoms with E-state index < -0.39 is 0 Å². The zero-order valence-corrected chi connectivity index (χ0v) is 12.1. The van der Waals surface area contributed by atoms with Gasteiger partial charge in [-0.2, -0.15) is 5.10 Å². The maximum Gasteiger partial charge on any atom is 0.181 e. The number of H-pyrrole nitrogens is 1. The number of aromatic amines is 1. The number of aromatic nitrogens is 3. The zero-order valence-electron chi connectivity index (χ0n) is 12.1. The maximum absolute atomic E-state index is 5.23. The third kappa shape index (κ3) is 2.79. The van der Waals surface area contributed by atoms with Gasteiger partial charge in [0.15, 0.2) is 5.82 Å². The highest BCUT2D eigenvalue weighted by Gasteiger charge is 2.14. The van der Waals surface area contributed by atoms with Gasteiger partial charge in [-0.05, 0) is 17.7 Å². The topological polar surface area (TPSA) is 50.8 Å². The van der Waals surface area contributed by atoms with Crippen molar-refractivity contribution < 1.29 is 4.74 Å². The van der Waals surface area contributed by atoms with Gasteiger partial charge in [0.25, 0.3) is 0 Å². The summed E-state index contributed by atoms with van der Waals surface area (Å²) >= 11 is 0. The minimum Gasteiger partial charge on any atom is -0.497 e. The van der Waals surface area contributed by atoms with E-state index in [0.717, 1.165) is 17.1 Å². The molecule has 1 unspecified atom stereocenters. The lowest BCUT2D eigenvalue weighted by molar-refractivity contribution is 0.415. The van der Waals surface area contributed by atoms with Crippen LogP contribution in [-0.2, 0) is 0 Å². The summed E-state index contributed by atoms with van der Waals surface area (Å²) in [5.41, 5.74) is 2.16. The molecule has 1 N–H and O–H groups in total. The smallest absolute Gasteiger partial charge is 0.181 e. The normalized spacial score (nSPS) is 12.1. The molecule has 21 heavy (non-hydrogen) atoms. The van der Waals surface area contributed by atoms with Crippen molar-refractivity contribution in [3.05, 3.63) is 66.0 Å². The van der Waals surface area contributed by atoms with Crippen LogP contribution in [0.3, 0.4) is 0 Å². The summed E-state index contributed by atoms with van der Waals surface area (Å²) in [5, 5.41) is 7.35. The Morgan fingerprint density at radius 3 is 2.62 bits per heavy atom. The van der Waals surface area contributed by atoms with Gasteiger partial charge in [-0.1, -0.05) is 49.4 Å². The Kier molecular flexibility index (Phi) is 3.69. The Balaban J connectivity index is 1.89. The van der Waals surface area contributed by atoms with Crippen LogP contribution in [-0.4, -0.2) is 22.3 Å². The van der Waals surface area contributed by atoms with Crippen LogP contribution >= 0.6 is 0 Å². The Bertz CT molecular complexity index is 722. The predicted octanol–water partition coefficient (Wildman–Crippen LogP) is 3.63. The molecule has 0 radical (unpaired) electrons. The van der Waals surface area contributed by atoms with Crippen LogP contribution in [0.1, 0.15) is 24.2 Å². The summed E-state index contributed by atoms with van der Waals surface area (Å²) in [6, 6.07) is 18.0. The summed E-state index contributed by atoms with van der Waals surface area (Å²) in [6.45, 7) is 2.12. The molecule has 0 saturated carbocycles. The first-order valence-corrected chi connectivity index (χ1v) is 6.89. The van der Waals surface area contributed by atoms with Crippen molar-refractivity contribution in [2.24, 2.45) is 0 Å². The first kappa shape index (κ1) is 13.4. The molecule has 0 aliphatic rings. The van der Waals surface area contributed by atoms with E-state index in [1.807, 2.05) is 42.5 Å². The lowest BCUT2D eigenvalue weighted by atomic mass is 10.0. The number of nitrogens with zero attached hydrogens (tertiary/aromatic N) is 2. The van der Waals surface area contributed by atoms with Crippen LogP contribution in [0, 0.1) is 0 Å². The SMILES string of the molecule is COc1cccc(-c2n[nH]c(C(C)c3ccccc3)n2)c1. The van der Waals surface area contributed by atoms with E-state index in [1.165, 1.54) is 5.56 Å². The average molecular weight is 279 g/mol. The molecule has 0 bridgehead atoms. The fraction of sp³-hybridized carbons (Fsp3) is 0.176. The van der Waals surface area contributed by atoms with Gasteiger partial charge in [0, 0.05) is 11.5 Å². The molecular formula is C17H17N3O. The number of ether oxygens (including phenoxy) is 1. The second-order valence-corrected chi connectivity index (χ2v) is 4.91. The van der Waals surface area contributed by atoms with E-state index in [-0.39, 0.29) is 5.92 Å². The fourth-order valence-corrected chi connectivity index (χ4v) is 2.26. The molecule has 1 atom stereocenters. The molecule has 0 aliphatic heterocycles. The van der Waals surface area contributed by atoms with Crippen LogP contribution in [0.2, 0.25) is 0 Å².